The fourth-order valence-electron chi connectivity index (χ4n) is 2.99. The maximum absolute atomic E-state index is 11.6. The number of nitrogens with zero attached hydrogens (tertiary/aromatic N) is 4. The highest BCUT2D eigenvalue weighted by Gasteiger charge is 2.19. The van der Waals surface area contributed by atoms with Gasteiger partial charge in [-0.2, -0.15) is 0 Å². The number of aromatic nitrogens is 3. The lowest BCUT2D eigenvalue weighted by Crippen LogP contribution is -2.27. The van der Waals surface area contributed by atoms with Gasteiger partial charge >= 0.3 is 0 Å². The van der Waals surface area contributed by atoms with E-state index in [9.17, 15) is 4.79 Å². The molecule has 1 aliphatic heterocycles. The molecular formula is C18H19N5OS2. The van der Waals surface area contributed by atoms with Gasteiger partial charge in [0, 0.05) is 54.3 Å². The number of nitrogens with one attached hydrogen (secondary N) is 1. The van der Waals surface area contributed by atoms with E-state index >= 15 is 0 Å². The molecule has 0 atom stereocenters. The van der Waals surface area contributed by atoms with Gasteiger partial charge in [0.2, 0.25) is 11.9 Å². The highest BCUT2D eigenvalue weighted by atomic mass is 32.1. The molecule has 0 saturated carbocycles. The molecule has 8 heteroatoms. The van der Waals surface area contributed by atoms with Gasteiger partial charge in [0.25, 0.3) is 0 Å². The molecule has 26 heavy (non-hydrogen) atoms. The van der Waals surface area contributed by atoms with Crippen LogP contribution >= 0.6 is 22.7 Å². The van der Waals surface area contributed by atoms with Crippen molar-refractivity contribution in [2.75, 3.05) is 25.0 Å². The van der Waals surface area contributed by atoms with E-state index < -0.39 is 0 Å². The van der Waals surface area contributed by atoms with E-state index in [1.165, 1.54) is 0 Å². The number of thiazole rings is 1. The van der Waals surface area contributed by atoms with Crippen LogP contribution in [-0.4, -0.2) is 45.4 Å². The van der Waals surface area contributed by atoms with Gasteiger partial charge in [-0.1, -0.05) is 6.07 Å². The molecular weight excluding hydrogens is 366 g/mol. The van der Waals surface area contributed by atoms with E-state index in [1.807, 2.05) is 27.9 Å². The first-order valence-electron chi connectivity index (χ1n) is 8.64. The molecule has 4 rings (SSSR count). The lowest BCUT2D eigenvalue weighted by Gasteiger charge is -2.15. The lowest BCUT2D eigenvalue weighted by atomic mass is 10.2. The Morgan fingerprint density at radius 2 is 2.19 bits per heavy atom. The molecule has 0 bridgehead atoms. The first-order chi connectivity index (χ1) is 12.8. The van der Waals surface area contributed by atoms with Crippen molar-refractivity contribution >= 4 is 34.5 Å². The second-order valence-corrected chi connectivity index (χ2v) is 7.88. The molecule has 1 aliphatic rings. The number of thiophene rings is 1. The average Bonchev–Trinajstić information content (AvgIpc) is 3.41. The molecule has 0 unspecified atom stereocenters. The summed E-state index contributed by atoms with van der Waals surface area (Å²) in [5.74, 6) is 0.871. The number of carbonyl (C=O) groups is 1. The van der Waals surface area contributed by atoms with Crippen LogP contribution in [-0.2, 0) is 4.79 Å². The first kappa shape index (κ1) is 17.1. The Kier molecular flexibility index (Phi) is 5.21. The number of anilines is 1. The van der Waals surface area contributed by atoms with Gasteiger partial charge in [0.05, 0.1) is 0 Å². The van der Waals surface area contributed by atoms with Crippen molar-refractivity contribution in [3.8, 4) is 21.1 Å². The molecule has 1 fully saturated rings. The van der Waals surface area contributed by atoms with Gasteiger partial charge in [-0.25, -0.2) is 15.0 Å². The third-order valence-corrected chi connectivity index (χ3v) is 5.95. The zero-order valence-electron chi connectivity index (χ0n) is 14.2. The van der Waals surface area contributed by atoms with Crippen LogP contribution in [0.5, 0.6) is 0 Å². The van der Waals surface area contributed by atoms with Crippen molar-refractivity contribution in [1.82, 2.24) is 19.9 Å². The highest BCUT2D eigenvalue weighted by molar-refractivity contribution is 7.14. The fraction of sp³-hybridized carbons (Fsp3) is 0.333. The van der Waals surface area contributed by atoms with Gasteiger partial charge in [-0.05, 0) is 24.3 Å². The first-order valence-corrected chi connectivity index (χ1v) is 10.4. The number of amides is 1. The van der Waals surface area contributed by atoms with E-state index in [2.05, 4.69) is 21.4 Å². The SMILES string of the molecule is O=C1CCCN1CCCNc1ncc(-c2cccs2)c(-c2nccs2)n1. The predicted octanol–water partition coefficient (Wildman–Crippen LogP) is 3.75. The summed E-state index contributed by atoms with van der Waals surface area (Å²) in [7, 11) is 0. The Morgan fingerprint density at radius 3 is 2.92 bits per heavy atom. The van der Waals surface area contributed by atoms with Crippen LogP contribution in [0.4, 0.5) is 5.95 Å². The molecule has 4 heterocycles. The van der Waals surface area contributed by atoms with Crippen LogP contribution in [0, 0.1) is 0 Å². The summed E-state index contributed by atoms with van der Waals surface area (Å²) in [5, 5.41) is 8.17. The minimum atomic E-state index is 0.271. The monoisotopic (exact) mass is 385 g/mol. The molecule has 0 spiro atoms. The number of hydrogen-bond acceptors (Lipinski definition) is 7. The molecule has 0 aromatic carbocycles. The third-order valence-electron chi connectivity index (χ3n) is 4.27. The summed E-state index contributed by atoms with van der Waals surface area (Å²) in [6.45, 7) is 2.41. The minimum absolute atomic E-state index is 0.271. The number of hydrogen-bond donors (Lipinski definition) is 1. The van der Waals surface area contributed by atoms with Crippen LogP contribution in [0.2, 0.25) is 0 Å². The van der Waals surface area contributed by atoms with Crippen molar-refractivity contribution in [3.63, 3.8) is 0 Å². The second kappa shape index (κ2) is 7.92. The molecule has 1 amide bonds. The maximum atomic E-state index is 11.6. The lowest BCUT2D eigenvalue weighted by molar-refractivity contribution is -0.127. The molecule has 0 aliphatic carbocycles. The number of likely N-dealkylation sites (tertiary alicyclic amines) is 1. The Morgan fingerprint density at radius 1 is 1.23 bits per heavy atom. The largest absolute Gasteiger partial charge is 0.354 e. The quantitative estimate of drug-likeness (QED) is 0.627. The molecule has 3 aromatic rings. The smallest absolute Gasteiger partial charge is 0.223 e. The van der Waals surface area contributed by atoms with E-state index in [1.54, 1.807) is 28.9 Å². The number of carbonyl (C=O) groups excluding carboxylic acids is 1. The molecule has 0 radical (unpaired) electrons. The molecule has 3 aromatic heterocycles. The van der Waals surface area contributed by atoms with Crippen molar-refractivity contribution in [2.45, 2.75) is 19.3 Å². The zero-order valence-corrected chi connectivity index (χ0v) is 15.9. The second-order valence-electron chi connectivity index (χ2n) is 6.04. The Hall–Kier alpha value is -2.32. The van der Waals surface area contributed by atoms with Gasteiger partial charge < -0.3 is 10.2 Å². The van der Waals surface area contributed by atoms with Crippen molar-refractivity contribution in [2.24, 2.45) is 0 Å². The van der Waals surface area contributed by atoms with Gasteiger partial charge in [0.1, 0.15) is 10.7 Å². The van der Waals surface area contributed by atoms with Crippen LogP contribution in [0.25, 0.3) is 21.1 Å². The number of rotatable bonds is 7. The Labute approximate surface area is 160 Å². The average molecular weight is 386 g/mol. The zero-order chi connectivity index (χ0) is 17.8. The predicted molar refractivity (Wildman–Crippen MR) is 105 cm³/mol. The van der Waals surface area contributed by atoms with E-state index in [0.717, 1.165) is 53.6 Å². The van der Waals surface area contributed by atoms with Crippen molar-refractivity contribution in [1.29, 1.82) is 0 Å². The van der Waals surface area contributed by atoms with Crippen LogP contribution in [0.15, 0.2) is 35.3 Å². The van der Waals surface area contributed by atoms with Crippen LogP contribution in [0.1, 0.15) is 19.3 Å². The molecule has 1 saturated heterocycles. The minimum Gasteiger partial charge on any atom is -0.354 e. The third kappa shape index (κ3) is 3.76. The topological polar surface area (TPSA) is 71.0 Å². The molecule has 1 N–H and O–H groups in total. The Balaban J connectivity index is 1.45. The molecule has 6 nitrogen and oxygen atoms in total. The summed E-state index contributed by atoms with van der Waals surface area (Å²) in [6, 6.07) is 4.10. The summed E-state index contributed by atoms with van der Waals surface area (Å²) in [4.78, 5) is 28.3. The van der Waals surface area contributed by atoms with Crippen LogP contribution < -0.4 is 5.32 Å². The van der Waals surface area contributed by atoms with Gasteiger partial charge in [-0.3, -0.25) is 4.79 Å². The van der Waals surface area contributed by atoms with Crippen molar-refractivity contribution < 1.29 is 4.79 Å². The summed E-state index contributed by atoms with van der Waals surface area (Å²) >= 11 is 3.24. The van der Waals surface area contributed by atoms with E-state index in [-0.39, 0.29) is 5.91 Å². The summed E-state index contributed by atoms with van der Waals surface area (Å²) in [5.41, 5.74) is 1.86. The Bertz CT molecular complexity index is 864. The van der Waals surface area contributed by atoms with Gasteiger partial charge in [0.15, 0.2) is 0 Å². The molecule has 134 valence electrons. The maximum Gasteiger partial charge on any atom is 0.223 e. The standard InChI is InChI=1S/C18H19N5OS2/c24-15-5-1-8-23(15)9-3-6-20-18-21-12-13(14-4-2-10-25-14)16(22-18)17-19-7-11-26-17/h2,4,7,10-12H,1,3,5-6,8-9H2,(H,20,21,22). The van der Waals surface area contributed by atoms with E-state index in [4.69, 9.17) is 4.98 Å². The summed E-state index contributed by atoms with van der Waals surface area (Å²) in [6.07, 6.45) is 6.21. The normalized spacial score (nSPS) is 14.2. The van der Waals surface area contributed by atoms with E-state index in [0.29, 0.717) is 12.4 Å². The highest BCUT2D eigenvalue weighted by Crippen LogP contribution is 2.34. The fourth-order valence-corrected chi connectivity index (χ4v) is 4.37. The van der Waals surface area contributed by atoms with Crippen LogP contribution in [0.3, 0.4) is 0 Å². The summed E-state index contributed by atoms with van der Waals surface area (Å²) < 4.78 is 0. The van der Waals surface area contributed by atoms with Gasteiger partial charge in [-0.15, -0.1) is 22.7 Å². The van der Waals surface area contributed by atoms with Crippen molar-refractivity contribution in [3.05, 3.63) is 35.3 Å².